The molecule has 5 nitrogen and oxygen atoms in total. The fourth-order valence-electron chi connectivity index (χ4n) is 2.37. The van der Waals surface area contributed by atoms with Gasteiger partial charge >= 0.3 is 0 Å². The van der Waals surface area contributed by atoms with Gasteiger partial charge in [-0.15, -0.1) is 0 Å². The molecule has 0 bridgehead atoms. The van der Waals surface area contributed by atoms with Crippen LogP contribution in [0.3, 0.4) is 0 Å². The number of nitrogens with one attached hydrogen (secondary N) is 1. The van der Waals surface area contributed by atoms with Crippen LogP contribution < -0.4 is 5.32 Å². The molecule has 1 heterocycles. The van der Waals surface area contributed by atoms with Crippen LogP contribution in [0.15, 0.2) is 32.0 Å². The maximum atomic E-state index is 12.9. The molecule has 1 fully saturated rings. The maximum Gasteiger partial charge on any atom is 0.245 e. The maximum absolute atomic E-state index is 12.9. The van der Waals surface area contributed by atoms with E-state index in [0.29, 0.717) is 15.5 Å². The number of sulfonamides is 1. The van der Waals surface area contributed by atoms with Crippen LogP contribution >= 0.6 is 31.9 Å². The number of carbonyl (C=O) groups excluding carboxylic acids is 1. The number of halogens is 2. The highest BCUT2D eigenvalue weighted by Gasteiger charge is 2.40. The molecule has 8 heteroatoms. The Hall–Kier alpha value is -0.440. The van der Waals surface area contributed by atoms with Crippen LogP contribution in [0.4, 0.5) is 0 Å². The van der Waals surface area contributed by atoms with E-state index in [1.807, 2.05) is 13.8 Å². The van der Waals surface area contributed by atoms with Crippen LogP contribution in [-0.4, -0.2) is 37.8 Å². The summed E-state index contributed by atoms with van der Waals surface area (Å²) in [6.45, 7) is 4.28. The summed E-state index contributed by atoms with van der Waals surface area (Å²) < 4.78 is 28.3. The van der Waals surface area contributed by atoms with Crippen molar-refractivity contribution in [3.63, 3.8) is 0 Å². The van der Waals surface area contributed by atoms with Crippen molar-refractivity contribution in [3.8, 4) is 0 Å². The number of hydrogen-bond acceptors (Lipinski definition) is 3. The van der Waals surface area contributed by atoms with E-state index in [9.17, 15) is 13.2 Å². The van der Waals surface area contributed by atoms with Crippen LogP contribution in [0.2, 0.25) is 0 Å². The first-order valence-corrected chi connectivity index (χ1v) is 9.52. The van der Waals surface area contributed by atoms with Gasteiger partial charge in [0.05, 0.1) is 4.90 Å². The molecule has 2 rings (SSSR count). The van der Waals surface area contributed by atoms with Crippen molar-refractivity contribution in [2.45, 2.75) is 24.8 Å². The molecule has 0 aliphatic carbocycles. The normalized spacial score (nSPS) is 20.6. The predicted molar refractivity (Wildman–Crippen MR) is 87.4 cm³/mol. The average molecular weight is 440 g/mol. The van der Waals surface area contributed by atoms with Crippen LogP contribution in [0.5, 0.6) is 0 Å². The Morgan fingerprint density at radius 3 is 2.62 bits per heavy atom. The molecule has 21 heavy (non-hydrogen) atoms. The molecule has 1 aromatic rings. The van der Waals surface area contributed by atoms with Gasteiger partial charge in [0.1, 0.15) is 6.04 Å². The number of amides is 1. The number of nitrogens with zero attached hydrogens (tertiary/aromatic N) is 1. The summed E-state index contributed by atoms with van der Waals surface area (Å²) in [5.41, 5.74) is 0. The van der Waals surface area contributed by atoms with E-state index in [1.54, 1.807) is 18.2 Å². The van der Waals surface area contributed by atoms with E-state index in [2.05, 4.69) is 37.2 Å². The zero-order chi connectivity index (χ0) is 15.8. The minimum absolute atomic E-state index is 0.106. The number of benzene rings is 1. The zero-order valence-electron chi connectivity index (χ0n) is 11.6. The van der Waals surface area contributed by atoms with E-state index >= 15 is 0 Å². The van der Waals surface area contributed by atoms with Crippen LogP contribution in [0.25, 0.3) is 0 Å². The second-order valence-electron chi connectivity index (χ2n) is 5.17. The fraction of sp³-hybridized carbons (Fsp3) is 0.462. The zero-order valence-corrected chi connectivity index (χ0v) is 15.6. The molecular formula is C13H16Br2N2O3S. The molecule has 1 atom stereocenters. The van der Waals surface area contributed by atoms with Crippen LogP contribution in [0, 0.1) is 5.92 Å². The van der Waals surface area contributed by atoms with E-state index in [0.717, 1.165) is 0 Å². The van der Waals surface area contributed by atoms with Crippen molar-refractivity contribution < 1.29 is 13.2 Å². The third-order valence-corrected chi connectivity index (χ3v) is 6.69. The van der Waals surface area contributed by atoms with E-state index < -0.39 is 16.1 Å². The topological polar surface area (TPSA) is 66.5 Å². The average Bonchev–Trinajstić information content (AvgIpc) is 2.40. The van der Waals surface area contributed by atoms with E-state index in [-0.39, 0.29) is 23.3 Å². The fourth-order valence-corrected chi connectivity index (χ4v) is 5.56. The number of hydrogen-bond donors (Lipinski definition) is 1. The second kappa shape index (κ2) is 6.36. The van der Waals surface area contributed by atoms with E-state index in [4.69, 9.17) is 0 Å². The van der Waals surface area contributed by atoms with Crippen LogP contribution in [0.1, 0.15) is 13.8 Å². The summed E-state index contributed by atoms with van der Waals surface area (Å²) in [6.07, 6.45) is 0. The Bertz CT molecular complexity index is 661. The summed E-state index contributed by atoms with van der Waals surface area (Å²) in [5.74, 6) is -0.350. The Labute approximate surface area is 141 Å². The minimum atomic E-state index is -3.75. The molecular weight excluding hydrogens is 424 g/mol. The summed E-state index contributed by atoms with van der Waals surface area (Å²) in [5, 5.41) is 2.73. The van der Waals surface area contributed by atoms with Gasteiger partial charge < -0.3 is 5.32 Å². The highest BCUT2D eigenvalue weighted by atomic mass is 79.9. The summed E-state index contributed by atoms with van der Waals surface area (Å²) >= 11 is 6.56. The SMILES string of the molecule is CC(C)C1C(=O)NCCN1S(=O)(=O)c1cc(Br)ccc1Br. The standard InChI is InChI=1S/C13H16Br2N2O3S/c1-8(2)12-13(18)16-5-6-17(12)21(19,20)11-7-9(14)3-4-10(11)15/h3-4,7-8,12H,5-6H2,1-2H3,(H,16,18). The predicted octanol–water partition coefficient (Wildman–Crippen LogP) is 2.36. The third-order valence-electron chi connectivity index (χ3n) is 3.32. The van der Waals surface area contributed by atoms with Gasteiger partial charge in [-0.2, -0.15) is 4.31 Å². The Morgan fingerprint density at radius 2 is 2.00 bits per heavy atom. The number of piperazine rings is 1. The molecule has 1 aliphatic heterocycles. The molecule has 0 spiro atoms. The molecule has 1 amide bonds. The first-order valence-electron chi connectivity index (χ1n) is 6.49. The Balaban J connectivity index is 2.51. The quantitative estimate of drug-likeness (QED) is 0.785. The lowest BCUT2D eigenvalue weighted by atomic mass is 10.0. The largest absolute Gasteiger partial charge is 0.353 e. The lowest BCUT2D eigenvalue weighted by Gasteiger charge is -2.36. The smallest absolute Gasteiger partial charge is 0.245 e. The Morgan fingerprint density at radius 1 is 1.33 bits per heavy atom. The van der Waals surface area contributed by atoms with Gasteiger partial charge in [-0.25, -0.2) is 8.42 Å². The molecule has 0 saturated carbocycles. The monoisotopic (exact) mass is 438 g/mol. The molecule has 1 N–H and O–H groups in total. The number of rotatable bonds is 3. The van der Waals surface area contributed by atoms with Crippen molar-refractivity contribution in [2.75, 3.05) is 13.1 Å². The third kappa shape index (κ3) is 3.33. The van der Waals surface area contributed by atoms with Gasteiger partial charge in [-0.05, 0) is 40.0 Å². The molecule has 1 aromatic carbocycles. The number of carbonyl (C=O) groups is 1. The lowest BCUT2D eigenvalue weighted by molar-refractivity contribution is -0.128. The van der Waals surface area contributed by atoms with Crippen molar-refractivity contribution in [2.24, 2.45) is 5.92 Å². The van der Waals surface area contributed by atoms with Crippen molar-refractivity contribution in [1.82, 2.24) is 9.62 Å². The van der Waals surface area contributed by atoms with Gasteiger partial charge in [0.25, 0.3) is 0 Å². The molecule has 1 unspecified atom stereocenters. The van der Waals surface area contributed by atoms with Crippen molar-refractivity contribution >= 4 is 47.8 Å². The van der Waals surface area contributed by atoms with Crippen molar-refractivity contribution in [1.29, 1.82) is 0 Å². The Kier molecular flexibility index (Phi) is 5.12. The van der Waals surface area contributed by atoms with Gasteiger partial charge in [0.15, 0.2) is 0 Å². The second-order valence-corrected chi connectivity index (χ2v) is 8.80. The summed E-state index contributed by atoms with van der Waals surface area (Å²) in [7, 11) is -3.75. The summed E-state index contributed by atoms with van der Waals surface area (Å²) in [6, 6.07) is 4.29. The highest BCUT2D eigenvalue weighted by molar-refractivity contribution is 9.11. The molecule has 0 aromatic heterocycles. The van der Waals surface area contributed by atoms with Gasteiger partial charge in [0, 0.05) is 22.0 Å². The molecule has 1 aliphatic rings. The van der Waals surface area contributed by atoms with Gasteiger partial charge in [-0.3, -0.25) is 4.79 Å². The van der Waals surface area contributed by atoms with Gasteiger partial charge in [0.2, 0.25) is 15.9 Å². The first-order chi connectivity index (χ1) is 9.75. The molecule has 116 valence electrons. The highest BCUT2D eigenvalue weighted by Crippen LogP contribution is 2.31. The first kappa shape index (κ1) is 16.9. The van der Waals surface area contributed by atoms with Crippen LogP contribution in [-0.2, 0) is 14.8 Å². The minimum Gasteiger partial charge on any atom is -0.353 e. The van der Waals surface area contributed by atoms with Crippen molar-refractivity contribution in [3.05, 3.63) is 27.1 Å². The van der Waals surface area contributed by atoms with E-state index in [1.165, 1.54) is 4.31 Å². The molecule has 1 saturated heterocycles. The lowest BCUT2D eigenvalue weighted by Crippen LogP contribution is -2.59. The summed E-state index contributed by atoms with van der Waals surface area (Å²) in [4.78, 5) is 12.2. The van der Waals surface area contributed by atoms with Gasteiger partial charge in [-0.1, -0.05) is 29.8 Å². The molecule has 0 radical (unpaired) electrons.